The zero-order chi connectivity index (χ0) is 22.1. The molecule has 2 heterocycles. The predicted octanol–water partition coefficient (Wildman–Crippen LogP) is 5.20. The van der Waals surface area contributed by atoms with Crippen LogP contribution in [-0.2, 0) is 20.7 Å². The lowest BCUT2D eigenvalue weighted by Crippen LogP contribution is -2.38. The molecule has 0 aromatic heterocycles. The van der Waals surface area contributed by atoms with Crippen molar-refractivity contribution in [3.63, 3.8) is 0 Å². The number of hydrogen-bond acceptors (Lipinski definition) is 5. The fraction of sp³-hybridized carbons (Fsp3) is 0.231. The van der Waals surface area contributed by atoms with Gasteiger partial charge in [-0.05, 0) is 49.2 Å². The Morgan fingerprint density at radius 1 is 0.906 bits per heavy atom. The van der Waals surface area contributed by atoms with Gasteiger partial charge in [0.05, 0.1) is 17.8 Å². The maximum absolute atomic E-state index is 12.8. The first-order valence-electron chi connectivity index (χ1n) is 10.8. The number of rotatable bonds is 5. The Bertz CT molecular complexity index is 1130. The Morgan fingerprint density at radius 2 is 1.50 bits per heavy atom. The predicted molar refractivity (Wildman–Crippen MR) is 127 cm³/mol. The number of benzene rings is 3. The van der Waals surface area contributed by atoms with Gasteiger partial charge in [0.2, 0.25) is 0 Å². The highest BCUT2D eigenvalue weighted by molar-refractivity contribution is 7.99. The highest BCUT2D eigenvalue weighted by Crippen LogP contribution is 2.47. The number of hydrogen-bond donors (Lipinski definition) is 0. The first kappa shape index (κ1) is 20.6. The fourth-order valence-corrected chi connectivity index (χ4v) is 5.55. The summed E-state index contributed by atoms with van der Waals surface area (Å²) >= 11 is 1.74. The summed E-state index contributed by atoms with van der Waals surface area (Å²) in [6.45, 7) is 2.27. The number of esters is 1. The maximum atomic E-state index is 12.8. The minimum absolute atomic E-state index is 0.0671. The van der Waals surface area contributed by atoms with E-state index in [1.165, 1.54) is 0 Å². The van der Waals surface area contributed by atoms with Gasteiger partial charge >= 0.3 is 5.97 Å². The molecule has 0 spiro atoms. The lowest BCUT2D eigenvalue weighted by atomic mass is 10.1. The van der Waals surface area contributed by atoms with Crippen molar-refractivity contribution in [3.05, 3.63) is 78.4 Å². The molecule has 2 aliphatic heterocycles. The van der Waals surface area contributed by atoms with Crippen LogP contribution in [0, 0.1) is 0 Å². The summed E-state index contributed by atoms with van der Waals surface area (Å²) in [6.07, 6.45) is 1.02. The van der Waals surface area contributed by atoms with Crippen molar-refractivity contribution in [2.45, 2.75) is 35.6 Å². The van der Waals surface area contributed by atoms with Gasteiger partial charge in [-0.15, -0.1) is 0 Å². The lowest BCUT2D eigenvalue weighted by Gasteiger charge is -2.32. The van der Waals surface area contributed by atoms with Crippen molar-refractivity contribution in [1.82, 2.24) is 0 Å². The number of amides is 1. The van der Waals surface area contributed by atoms with Crippen LogP contribution < -0.4 is 9.80 Å². The van der Waals surface area contributed by atoms with Gasteiger partial charge in [0.1, 0.15) is 0 Å². The van der Waals surface area contributed by atoms with E-state index in [0.717, 1.165) is 38.8 Å². The number of para-hydroxylation sites is 3. The van der Waals surface area contributed by atoms with E-state index >= 15 is 0 Å². The quantitative estimate of drug-likeness (QED) is 0.506. The number of carbonyl (C=O) groups is 2. The second kappa shape index (κ2) is 8.71. The zero-order valence-electron chi connectivity index (χ0n) is 17.9. The molecule has 0 N–H and O–H groups in total. The van der Waals surface area contributed by atoms with E-state index in [-0.39, 0.29) is 30.9 Å². The fourth-order valence-electron chi connectivity index (χ4n) is 4.45. The molecular formula is C26H24N2O3S. The standard InChI is InChI=1S/C26H24N2O3S/c1-18-16-19-8-2-3-9-20(19)28(18)25(29)17-31-26(30)14-15-27-21-10-4-6-12-23(21)32-24-13-7-5-11-22(24)27/h2-13,18H,14-17H2,1H3/t18-/m0/s1. The van der Waals surface area contributed by atoms with Crippen molar-refractivity contribution in [3.8, 4) is 0 Å². The van der Waals surface area contributed by atoms with E-state index in [9.17, 15) is 9.59 Å². The van der Waals surface area contributed by atoms with Crippen LogP contribution in [-0.4, -0.2) is 31.1 Å². The average molecular weight is 445 g/mol. The highest BCUT2D eigenvalue weighted by atomic mass is 32.2. The van der Waals surface area contributed by atoms with Crippen LogP contribution in [0.25, 0.3) is 0 Å². The summed E-state index contributed by atoms with van der Waals surface area (Å²) in [5, 5.41) is 0. The second-order valence-corrected chi connectivity index (χ2v) is 9.13. The van der Waals surface area contributed by atoms with Crippen LogP contribution in [0.2, 0.25) is 0 Å². The Morgan fingerprint density at radius 3 is 2.19 bits per heavy atom. The molecule has 6 heteroatoms. The number of anilines is 3. The molecule has 1 amide bonds. The molecule has 0 fully saturated rings. The van der Waals surface area contributed by atoms with Gasteiger partial charge in [-0.2, -0.15) is 0 Å². The maximum Gasteiger partial charge on any atom is 0.308 e. The van der Waals surface area contributed by atoms with E-state index < -0.39 is 0 Å². The topological polar surface area (TPSA) is 49.9 Å². The molecule has 0 unspecified atom stereocenters. The largest absolute Gasteiger partial charge is 0.455 e. The molecule has 2 aliphatic rings. The van der Waals surface area contributed by atoms with Gasteiger partial charge in [-0.3, -0.25) is 9.59 Å². The van der Waals surface area contributed by atoms with Crippen LogP contribution in [0.15, 0.2) is 82.6 Å². The molecular weight excluding hydrogens is 420 g/mol. The van der Waals surface area contributed by atoms with E-state index in [1.54, 1.807) is 16.7 Å². The number of ether oxygens (including phenoxy) is 1. The molecule has 5 nitrogen and oxygen atoms in total. The summed E-state index contributed by atoms with van der Waals surface area (Å²) in [4.78, 5) is 31.6. The van der Waals surface area contributed by atoms with Crippen molar-refractivity contribution >= 4 is 40.7 Å². The van der Waals surface area contributed by atoms with Gasteiger partial charge in [-0.1, -0.05) is 54.2 Å². The minimum atomic E-state index is -0.369. The second-order valence-electron chi connectivity index (χ2n) is 8.05. The smallest absolute Gasteiger partial charge is 0.308 e. The Balaban J connectivity index is 1.22. The van der Waals surface area contributed by atoms with Crippen molar-refractivity contribution in [2.24, 2.45) is 0 Å². The molecule has 32 heavy (non-hydrogen) atoms. The molecule has 1 atom stereocenters. The van der Waals surface area contributed by atoms with Crippen molar-refractivity contribution in [2.75, 3.05) is 23.0 Å². The van der Waals surface area contributed by atoms with Gasteiger partial charge in [-0.25, -0.2) is 0 Å². The van der Waals surface area contributed by atoms with Crippen LogP contribution >= 0.6 is 11.8 Å². The molecule has 0 aliphatic carbocycles. The van der Waals surface area contributed by atoms with Crippen LogP contribution in [0.4, 0.5) is 17.1 Å². The SMILES string of the molecule is C[C@H]1Cc2ccccc2N1C(=O)COC(=O)CCN1c2ccccc2Sc2ccccc21. The highest BCUT2D eigenvalue weighted by Gasteiger charge is 2.31. The monoisotopic (exact) mass is 444 g/mol. The first-order valence-corrected chi connectivity index (χ1v) is 11.6. The average Bonchev–Trinajstić information content (AvgIpc) is 3.16. The van der Waals surface area contributed by atoms with E-state index in [1.807, 2.05) is 55.5 Å². The number of nitrogens with zero attached hydrogens (tertiary/aromatic N) is 2. The molecule has 0 bridgehead atoms. The van der Waals surface area contributed by atoms with Gasteiger partial charge < -0.3 is 14.5 Å². The minimum Gasteiger partial charge on any atom is -0.455 e. The number of carbonyl (C=O) groups excluding carboxylic acids is 2. The summed E-state index contributed by atoms with van der Waals surface area (Å²) in [5.41, 5.74) is 4.24. The first-order chi connectivity index (χ1) is 15.6. The van der Waals surface area contributed by atoms with E-state index in [2.05, 4.69) is 29.2 Å². The molecule has 0 saturated carbocycles. The third-order valence-corrected chi connectivity index (χ3v) is 7.03. The number of fused-ring (bicyclic) bond motifs is 3. The van der Waals surface area contributed by atoms with Crippen LogP contribution in [0.1, 0.15) is 18.9 Å². The van der Waals surface area contributed by atoms with Gasteiger partial charge in [0.25, 0.3) is 5.91 Å². The molecule has 0 radical (unpaired) electrons. The Labute approximate surface area is 192 Å². The van der Waals surface area contributed by atoms with Crippen molar-refractivity contribution in [1.29, 1.82) is 0 Å². The molecule has 0 saturated heterocycles. The summed E-state index contributed by atoms with van der Waals surface area (Å²) < 4.78 is 5.38. The van der Waals surface area contributed by atoms with Crippen LogP contribution in [0.3, 0.4) is 0 Å². The normalized spacial score (nSPS) is 16.2. The van der Waals surface area contributed by atoms with E-state index in [0.29, 0.717) is 6.54 Å². The Hall–Kier alpha value is -3.25. The third kappa shape index (κ3) is 3.86. The van der Waals surface area contributed by atoms with E-state index in [4.69, 9.17) is 4.74 Å². The molecule has 3 aromatic rings. The summed E-state index contributed by atoms with van der Waals surface area (Å²) in [5.74, 6) is -0.549. The molecule has 3 aromatic carbocycles. The Kier molecular flexibility index (Phi) is 5.62. The lowest BCUT2D eigenvalue weighted by molar-refractivity contribution is -0.147. The van der Waals surface area contributed by atoms with Crippen molar-refractivity contribution < 1.29 is 14.3 Å². The van der Waals surface area contributed by atoms with Gasteiger partial charge in [0.15, 0.2) is 6.61 Å². The summed E-state index contributed by atoms with van der Waals surface area (Å²) in [6, 6.07) is 24.3. The molecule has 162 valence electrons. The zero-order valence-corrected chi connectivity index (χ0v) is 18.7. The third-order valence-electron chi connectivity index (χ3n) is 5.90. The van der Waals surface area contributed by atoms with Gasteiger partial charge in [0, 0.05) is 28.1 Å². The van der Waals surface area contributed by atoms with Crippen LogP contribution in [0.5, 0.6) is 0 Å². The summed E-state index contributed by atoms with van der Waals surface area (Å²) in [7, 11) is 0. The molecule has 5 rings (SSSR count).